The molecule has 1 N–H and O–H groups in total. The molecule has 1 aliphatic carbocycles. The monoisotopic (exact) mass is 462 g/mol. The number of Topliss-reactive ketones (excluding diaryl/α,β-unsaturated/α-hetero) is 1. The SMILES string of the molecule is CC1(F)CCC2(CC1)NC(=O)N(CC(=O)c1ccc(B3OC(C)(C)C(C)(C)O3)c(F)c1)C2=O. The Morgan fingerprint density at radius 3 is 2.18 bits per heavy atom. The van der Waals surface area contributed by atoms with Crippen LogP contribution in [-0.4, -0.2) is 58.7 Å². The summed E-state index contributed by atoms with van der Waals surface area (Å²) in [5.41, 5.74) is -3.65. The summed E-state index contributed by atoms with van der Waals surface area (Å²) in [5, 5.41) is 2.65. The molecule has 3 amide bonds. The number of alkyl halides is 1. The molecular weight excluding hydrogens is 433 g/mol. The molecule has 178 valence electrons. The van der Waals surface area contributed by atoms with Gasteiger partial charge in [-0.3, -0.25) is 14.5 Å². The van der Waals surface area contributed by atoms with Crippen LogP contribution in [-0.2, 0) is 14.1 Å². The van der Waals surface area contributed by atoms with Crippen LogP contribution in [0.5, 0.6) is 0 Å². The number of carbonyl (C=O) groups is 3. The number of rotatable bonds is 4. The van der Waals surface area contributed by atoms with Crippen LogP contribution in [0.25, 0.3) is 0 Å². The van der Waals surface area contributed by atoms with Crippen LogP contribution in [0.15, 0.2) is 18.2 Å². The first-order chi connectivity index (χ1) is 15.2. The van der Waals surface area contributed by atoms with Crippen LogP contribution in [0, 0.1) is 5.82 Å². The first kappa shape index (κ1) is 23.8. The molecule has 0 unspecified atom stereocenters. The molecule has 2 heterocycles. The molecular formula is C23H29BF2N2O5. The van der Waals surface area contributed by atoms with Crippen molar-refractivity contribution in [1.29, 1.82) is 0 Å². The molecule has 0 aromatic heterocycles. The molecule has 1 aromatic carbocycles. The molecule has 3 fully saturated rings. The Balaban J connectivity index is 1.47. The highest BCUT2D eigenvalue weighted by molar-refractivity contribution is 6.62. The first-order valence-corrected chi connectivity index (χ1v) is 11.2. The number of nitrogens with one attached hydrogen (secondary N) is 1. The van der Waals surface area contributed by atoms with E-state index in [9.17, 15) is 23.2 Å². The maximum Gasteiger partial charge on any atom is 0.497 e. The van der Waals surface area contributed by atoms with Gasteiger partial charge in [0.2, 0.25) is 0 Å². The lowest BCUT2D eigenvalue weighted by Crippen LogP contribution is -2.52. The van der Waals surface area contributed by atoms with E-state index < -0.39 is 59.6 Å². The van der Waals surface area contributed by atoms with Gasteiger partial charge >= 0.3 is 13.1 Å². The van der Waals surface area contributed by atoms with E-state index in [2.05, 4.69) is 5.32 Å². The smallest absolute Gasteiger partial charge is 0.399 e. The van der Waals surface area contributed by atoms with Gasteiger partial charge in [0, 0.05) is 11.0 Å². The number of hydrogen-bond donors (Lipinski definition) is 1. The normalized spacial score (nSPS) is 30.8. The van der Waals surface area contributed by atoms with Crippen molar-refractivity contribution in [2.24, 2.45) is 0 Å². The number of benzene rings is 1. The van der Waals surface area contributed by atoms with E-state index in [1.165, 1.54) is 19.1 Å². The predicted octanol–water partition coefficient (Wildman–Crippen LogP) is 2.90. The molecule has 4 rings (SSSR count). The highest BCUT2D eigenvalue weighted by Crippen LogP contribution is 2.40. The number of ketones is 1. The number of halogens is 2. The zero-order valence-electron chi connectivity index (χ0n) is 19.6. The molecule has 1 aromatic rings. The van der Waals surface area contributed by atoms with E-state index in [0.717, 1.165) is 11.0 Å². The molecule has 0 radical (unpaired) electrons. The summed E-state index contributed by atoms with van der Waals surface area (Å²) in [6.45, 7) is 8.38. The molecule has 7 nitrogen and oxygen atoms in total. The Morgan fingerprint density at radius 2 is 1.64 bits per heavy atom. The third kappa shape index (κ3) is 4.08. The first-order valence-electron chi connectivity index (χ1n) is 11.2. The quantitative estimate of drug-likeness (QED) is 0.423. The Morgan fingerprint density at radius 1 is 1.06 bits per heavy atom. The lowest BCUT2D eigenvalue weighted by atomic mass is 9.75. The van der Waals surface area contributed by atoms with Crippen LogP contribution in [0.3, 0.4) is 0 Å². The van der Waals surface area contributed by atoms with Crippen molar-refractivity contribution in [3.8, 4) is 0 Å². The molecule has 2 aliphatic heterocycles. The van der Waals surface area contributed by atoms with Crippen molar-refractivity contribution in [1.82, 2.24) is 10.2 Å². The summed E-state index contributed by atoms with van der Waals surface area (Å²) in [4.78, 5) is 39.0. The van der Waals surface area contributed by atoms with Crippen LogP contribution < -0.4 is 10.8 Å². The minimum Gasteiger partial charge on any atom is -0.399 e. The van der Waals surface area contributed by atoms with Crippen LogP contribution in [0.4, 0.5) is 13.6 Å². The second kappa shape index (κ2) is 7.60. The fraction of sp³-hybridized carbons (Fsp3) is 0.609. The zero-order chi connectivity index (χ0) is 24.4. The Bertz CT molecular complexity index is 1000. The molecule has 0 bridgehead atoms. The highest BCUT2D eigenvalue weighted by atomic mass is 19.1. The fourth-order valence-corrected chi connectivity index (χ4v) is 4.45. The van der Waals surface area contributed by atoms with Gasteiger partial charge in [0.15, 0.2) is 5.78 Å². The summed E-state index contributed by atoms with van der Waals surface area (Å²) in [6.07, 6.45) is 0.637. The lowest BCUT2D eigenvalue weighted by molar-refractivity contribution is -0.133. The van der Waals surface area contributed by atoms with Crippen molar-refractivity contribution in [2.75, 3.05) is 6.54 Å². The van der Waals surface area contributed by atoms with Crippen molar-refractivity contribution in [3.63, 3.8) is 0 Å². The third-order valence-electron chi connectivity index (χ3n) is 7.52. The summed E-state index contributed by atoms with van der Waals surface area (Å²) in [7, 11) is -0.919. The number of carbonyl (C=O) groups excluding carboxylic acids is 3. The summed E-state index contributed by atoms with van der Waals surface area (Å²) in [5.74, 6) is -1.80. The van der Waals surface area contributed by atoms with E-state index in [0.29, 0.717) is 0 Å². The summed E-state index contributed by atoms with van der Waals surface area (Å²) in [6, 6.07) is 3.22. The highest BCUT2D eigenvalue weighted by Gasteiger charge is 2.55. The van der Waals surface area contributed by atoms with E-state index in [-0.39, 0.29) is 36.7 Å². The molecule has 2 saturated heterocycles. The summed E-state index contributed by atoms with van der Waals surface area (Å²) < 4.78 is 40.8. The van der Waals surface area contributed by atoms with Crippen molar-refractivity contribution in [2.45, 2.75) is 82.7 Å². The average molecular weight is 462 g/mol. The summed E-state index contributed by atoms with van der Waals surface area (Å²) >= 11 is 0. The van der Waals surface area contributed by atoms with Gasteiger partial charge in [0.25, 0.3) is 5.91 Å². The number of nitrogens with zero attached hydrogens (tertiary/aromatic N) is 1. The standard InChI is InChI=1S/C23H29BF2N2O5/c1-20(2)21(3,4)33-24(32-20)15-7-6-14(12-16(15)25)17(29)13-28-18(30)23(27-19(28)31)10-8-22(5,26)9-11-23/h6-7,12H,8-11,13H2,1-5H3,(H,27,31). The Labute approximate surface area is 192 Å². The minimum absolute atomic E-state index is 0.0225. The van der Waals surface area contributed by atoms with Gasteiger partial charge in [-0.1, -0.05) is 12.1 Å². The van der Waals surface area contributed by atoms with Gasteiger partial charge in [-0.2, -0.15) is 0 Å². The third-order valence-corrected chi connectivity index (χ3v) is 7.52. The average Bonchev–Trinajstić information content (AvgIpc) is 3.07. The maximum absolute atomic E-state index is 14.9. The zero-order valence-corrected chi connectivity index (χ0v) is 19.6. The van der Waals surface area contributed by atoms with Crippen molar-refractivity contribution >= 4 is 30.3 Å². The number of amides is 3. The number of hydrogen-bond acceptors (Lipinski definition) is 5. The Hall–Kier alpha value is -2.33. The molecule has 33 heavy (non-hydrogen) atoms. The molecule has 10 heteroatoms. The van der Waals surface area contributed by atoms with Gasteiger partial charge in [-0.05, 0) is 66.4 Å². The Kier molecular flexibility index (Phi) is 5.48. The van der Waals surface area contributed by atoms with Gasteiger partial charge < -0.3 is 14.6 Å². The van der Waals surface area contributed by atoms with Gasteiger partial charge in [0.05, 0.1) is 17.7 Å². The minimum atomic E-state index is -1.38. The fourth-order valence-electron chi connectivity index (χ4n) is 4.45. The second-order valence-corrected chi connectivity index (χ2v) is 10.6. The van der Waals surface area contributed by atoms with E-state index in [1.54, 1.807) is 0 Å². The van der Waals surface area contributed by atoms with Gasteiger partial charge in [-0.25, -0.2) is 13.6 Å². The molecule has 0 atom stereocenters. The lowest BCUT2D eigenvalue weighted by Gasteiger charge is -2.36. The van der Waals surface area contributed by atoms with E-state index >= 15 is 0 Å². The van der Waals surface area contributed by atoms with E-state index in [4.69, 9.17) is 9.31 Å². The van der Waals surface area contributed by atoms with Crippen molar-refractivity contribution < 1.29 is 32.5 Å². The largest absolute Gasteiger partial charge is 0.497 e. The molecule has 1 spiro atoms. The number of urea groups is 1. The predicted molar refractivity (Wildman–Crippen MR) is 117 cm³/mol. The van der Waals surface area contributed by atoms with Gasteiger partial charge in [-0.15, -0.1) is 0 Å². The topological polar surface area (TPSA) is 84.9 Å². The van der Waals surface area contributed by atoms with Crippen LogP contribution >= 0.6 is 0 Å². The second-order valence-electron chi connectivity index (χ2n) is 10.6. The van der Waals surface area contributed by atoms with E-state index in [1.807, 2.05) is 27.7 Å². The van der Waals surface area contributed by atoms with Crippen molar-refractivity contribution in [3.05, 3.63) is 29.6 Å². The maximum atomic E-state index is 14.9. The molecule has 1 saturated carbocycles. The van der Waals surface area contributed by atoms with Crippen LogP contribution in [0.2, 0.25) is 0 Å². The van der Waals surface area contributed by atoms with Gasteiger partial charge in [0.1, 0.15) is 17.0 Å². The molecule has 3 aliphatic rings. The van der Waals surface area contributed by atoms with Crippen LogP contribution in [0.1, 0.15) is 70.7 Å². The number of imide groups is 1.